The fourth-order valence-electron chi connectivity index (χ4n) is 5.17. The maximum Gasteiger partial charge on any atom is 0.169 e. The minimum atomic E-state index is -2.15. The van der Waals surface area contributed by atoms with Crippen LogP contribution >= 0.6 is 0 Å². The second kappa shape index (κ2) is 36.1. The van der Waals surface area contributed by atoms with Crippen LogP contribution in [0.5, 0.6) is 0 Å². The van der Waals surface area contributed by atoms with Gasteiger partial charge in [-0.05, 0) is 89.9 Å². The van der Waals surface area contributed by atoms with Gasteiger partial charge < -0.3 is 25.2 Å². The van der Waals surface area contributed by atoms with Gasteiger partial charge in [0.25, 0.3) is 0 Å². The van der Waals surface area contributed by atoms with Crippen LogP contribution < -0.4 is 0 Å². The van der Waals surface area contributed by atoms with Gasteiger partial charge in [-0.25, -0.2) is 0 Å². The molecule has 0 aliphatic rings. The third kappa shape index (κ3) is 29.1. The molecule has 0 fully saturated rings. The number of rotatable bonds is 36. The molecule has 0 spiro atoms. The molecule has 0 saturated heterocycles. The third-order valence-electron chi connectivity index (χ3n) is 8.71. The molecule has 4 N–H and O–H groups in total. The van der Waals surface area contributed by atoms with E-state index in [-0.39, 0.29) is 12.8 Å². The molecule has 0 aromatic heterocycles. The maximum atomic E-state index is 12.7. The summed E-state index contributed by atoms with van der Waals surface area (Å²) in [7, 11) is 0. The van der Waals surface area contributed by atoms with E-state index in [9.17, 15) is 30.0 Å². The first kappa shape index (κ1) is 50.1. The standard InChI is InChI=1S/C46H74O7/c1-3-5-7-9-11-13-15-17-19-21-23-25-27-29-31-33-35-37-43(49)45(51,39-47)41-53-42-46(52,40-48)44(50)38-36-34-32-30-28-26-24-22-20-18-16-14-12-10-8-6-4-2/h11-14,17-20,23-26,29-32,47-48,51-52H,3-10,15-16,21-22,27-28,33-42H2,1-2H3/b13-11-,14-12-,19-17-,20-18-,25-23-,26-24-,31-29-,32-30-. The highest BCUT2D eigenvalue weighted by Gasteiger charge is 2.39. The van der Waals surface area contributed by atoms with E-state index >= 15 is 0 Å². The van der Waals surface area contributed by atoms with Gasteiger partial charge in [0.1, 0.15) is 0 Å². The van der Waals surface area contributed by atoms with E-state index in [0.29, 0.717) is 25.7 Å². The first-order chi connectivity index (χ1) is 25.8. The van der Waals surface area contributed by atoms with Gasteiger partial charge in [-0.15, -0.1) is 0 Å². The fraction of sp³-hybridized carbons (Fsp3) is 0.609. The summed E-state index contributed by atoms with van der Waals surface area (Å²) in [6.45, 7) is 1.54. The van der Waals surface area contributed by atoms with E-state index in [4.69, 9.17) is 4.74 Å². The van der Waals surface area contributed by atoms with Crippen LogP contribution in [0, 0.1) is 0 Å². The summed E-state index contributed by atoms with van der Waals surface area (Å²) in [5.41, 5.74) is -4.30. The molecule has 0 aliphatic carbocycles. The Morgan fingerprint density at radius 1 is 0.434 bits per heavy atom. The van der Waals surface area contributed by atoms with Gasteiger partial charge in [-0.1, -0.05) is 137 Å². The Hall–Kier alpha value is -2.94. The van der Waals surface area contributed by atoms with E-state index in [2.05, 4.69) is 86.8 Å². The van der Waals surface area contributed by atoms with Crippen LogP contribution in [0.2, 0.25) is 0 Å². The van der Waals surface area contributed by atoms with Crippen molar-refractivity contribution in [2.75, 3.05) is 26.4 Å². The van der Waals surface area contributed by atoms with Crippen molar-refractivity contribution < 1.29 is 34.8 Å². The minimum Gasteiger partial charge on any atom is -0.393 e. The summed E-state index contributed by atoms with van der Waals surface area (Å²) >= 11 is 0. The molecule has 53 heavy (non-hydrogen) atoms. The zero-order valence-electron chi connectivity index (χ0n) is 33.2. The van der Waals surface area contributed by atoms with Gasteiger partial charge in [0.05, 0.1) is 26.4 Å². The Morgan fingerprint density at radius 2 is 0.698 bits per heavy atom. The van der Waals surface area contributed by atoms with Crippen molar-refractivity contribution in [1.82, 2.24) is 0 Å². The lowest BCUT2D eigenvalue weighted by Crippen LogP contribution is -2.51. The maximum absolute atomic E-state index is 12.7. The zero-order chi connectivity index (χ0) is 39.1. The highest BCUT2D eigenvalue weighted by atomic mass is 16.5. The lowest BCUT2D eigenvalue weighted by molar-refractivity contribution is -0.163. The number of allylic oxidation sites excluding steroid dienone is 16. The van der Waals surface area contributed by atoms with Crippen molar-refractivity contribution >= 4 is 11.6 Å². The van der Waals surface area contributed by atoms with Crippen molar-refractivity contribution in [2.45, 2.75) is 153 Å². The summed E-state index contributed by atoms with van der Waals surface area (Å²) < 4.78 is 5.34. The molecule has 300 valence electrons. The van der Waals surface area contributed by atoms with Crippen LogP contribution in [0.1, 0.15) is 142 Å². The van der Waals surface area contributed by atoms with Gasteiger partial charge in [0.15, 0.2) is 22.8 Å². The van der Waals surface area contributed by atoms with E-state index in [1.54, 1.807) is 0 Å². The Labute approximate surface area is 322 Å². The van der Waals surface area contributed by atoms with Gasteiger partial charge in [-0.2, -0.15) is 0 Å². The molecular weight excluding hydrogens is 664 g/mol. The van der Waals surface area contributed by atoms with Crippen LogP contribution in [0.3, 0.4) is 0 Å². The first-order valence-electron chi connectivity index (χ1n) is 20.3. The molecule has 2 atom stereocenters. The summed E-state index contributed by atoms with van der Waals surface area (Å²) in [5.74, 6) is -1.15. The van der Waals surface area contributed by atoms with Crippen molar-refractivity contribution in [3.05, 3.63) is 97.2 Å². The number of hydrogen-bond acceptors (Lipinski definition) is 7. The Bertz CT molecular complexity index is 1050. The molecule has 0 amide bonds. The van der Waals surface area contributed by atoms with Crippen molar-refractivity contribution in [3.63, 3.8) is 0 Å². The van der Waals surface area contributed by atoms with E-state index in [0.717, 1.165) is 51.4 Å². The Balaban J connectivity index is 4.26. The third-order valence-corrected chi connectivity index (χ3v) is 8.71. The summed E-state index contributed by atoms with van der Waals surface area (Å²) in [4.78, 5) is 25.3. The van der Waals surface area contributed by atoms with Crippen LogP contribution in [0.25, 0.3) is 0 Å². The normalized spacial score (nSPS) is 15.2. The number of ketones is 2. The number of ether oxygens (including phenoxy) is 1. The smallest absolute Gasteiger partial charge is 0.169 e. The topological polar surface area (TPSA) is 124 Å². The molecule has 0 radical (unpaired) electrons. The van der Waals surface area contributed by atoms with Gasteiger partial charge in [0.2, 0.25) is 0 Å². The van der Waals surface area contributed by atoms with Gasteiger partial charge in [-0.3, -0.25) is 9.59 Å². The van der Waals surface area contributed by atoms with Crippen LogP contribution in [0.15, 0.2) is 97.2 Å². The fourth-order valence-corrected chi connectivity index (χ4v) is 5.17. The molecule has 0 saturated carbocycles. The SMILES string of the molecule is CCCCC/C=C\C/C=C\C/C=C\C/C=C\CCCC(=O)C(O)(CO)COCC(O)(CO)C(=O)CCC/C=C\C/C=C\C/C=C\C/C=C\CCCCC. The van der Waals surface area contributed by atoms with E-state index < -0.39 is 49.2 Å². The van der Waals surface area contributed by atoms with Crippen LogP contribution in [0.4, 0.5) is 0 Å². The summed E-state index contributed by atoms with van der Waals surface area (Å²) in [6, 6.07) is 0. The largest absolute Gasteiger partial charge is 0.393 e. The quantitative estimate of drug-likeness (QED) is 0.0373. The van der Waals surface area contributed by atoms with Crippen LogP contribution in [-0.2, 0) is 14.3 Å². The second-order valence-electron chi connectivity index (χ2n) is 13.7. The van der Waals surface area contributed by atoms with Gasteiger partial charge >= 0.3 is 0 Å². The number of aliphatic hydroxyl groups is 4. The number of carbonyl (C=O) groups is 2. The first-order valence-corrected chi connectivity index (χ1v) is 20.3. The molecule has 7 heteroatoms. The lowest BCUT2D eigenvalue weighted by atomic mass is 9.94. The molecular formula is C46H74O7. The predicted octanol–water partition coefficient (Wildman–Crippen LogP) is 9.88. The predicted molar refractivity (Wildman–Crippen MR) is 222 cm³/mol. The Kier molecular flexibility index (Phi) is 34.1. The highest BCUT2D eigenvalue weighted by molar-refractivity contribution is 5.88. The second-order valence-corrected chi connectivity index (χ2v) is 13.7. The van der Waals surface area contributed by atoms with Crippen molar-refractivity contribution in [3.8, 4) is 0 Å². The number of unbranched alkanes of at least 4 members (excludes halogenated alkanes) is 8. The minimum absolute atomic E-state index is 0.0408. The average molecular weight is 739 g/mol. The lowest BCUT2D eigenvalue weighted by Gasteiger charge is -2.28. The van der Waals surface area contributed by atoms with Crippen LogP contribution in [-0.4, -0.2) is 69.6 Å². The number of hydrogen-bond donors (Lipinski definition) is 4. The highest BCUT2D eigenvalue weighted by Crippen LogP contribution is 2.16. The number of carbonyl (C=O) groups excluding carboxylic acids is 2. The number of aliphatic hydroxyl groups excluding tert-OH is 2. The molecule has 7 nitrogen and oxygen atoms in total. The molecule has 0 rings (SSSR count). The van der Waals surface area contributed by atoms with Gasteiger partial charge in [0, 0.05) is 12.8 Å². The molecule has 2 unspecified atom stereocenters. The van der Waals surface area contributed by atoms with E-state index in [1.807, 2.05) is 24.3 Å². The van der Waals surface area contributed by atoms with E-state index in [1.165, 1.54) is 38.5 Å². The van der Waals surface area contributed by atoms with Crippen molar-refractivity contribution in [1.29, 1.82) is 0 Å². The molecule has 0 aromatic rings. The molecule has 0 bridgehead atoms. The molecule has 0 heterocycles. The monoisotopic (exact) mass is 739 g/mol. The summed E-state index contributed by atoms with van der Waals surface area (Å²) in [6.07, 6.45) is 51.7. The molecule has 0 aromatic carbocycles. The summed E-state index contributed by atoms with van der Waals surface area (Å²) in [5, 5.41) is 40.8. The number of Topliss-reactive ketones (excluding diaryl/α,β-unsaturated/α-hetero) is 2. The average Bonchev–Trinajstić information content (AvgIpc) is 3.16. The van der Waals surface area contributed by atoms with Crippen molar-refractivity contribution in [2.24, 2.45) is 0 Å². The Morgan fingerprint density at radius 3 is 0.962 bits per heavy atom. The zero-order valence-corrected chi connectivity index (χ0v) is 33.2. The molecule has 0 aliphatic heterocycles.